The van der Waals surface area contributed by atoms with Gasteiger partial charge < -0.3 is 5.32 Å². The molecule has 1 aliphatic rings. The van der Waals surface area contributed by atoms with Gasteiger partial charge in [-0.15, -0.1) is 0 Å². The van der Waals surface area contributed by atoms with Crippen molar-refractivity contribution in [1.82, 2.24) is 0 Å². The van der Waals surface area contributed by atoms with Gasteiger partial charge in [-0.25, -0.2) is 0 Å². The first-order chi connectivity index (χ1) is 9.06. The zero-order valence-electron chi connectivity index (χ0n) is 11.7. The van der Waals surface area contributed by atoms with E-state index in [-0.39, 0.29) is 11.7 Å². The number of nitrogens with one attached hydrogen (secondary N) is 1. The fraction of sp³-hybridized carbons (Fsp3) is 0.500. The van der Waals surface area contributed by atoms with Gasteiger partial charge in [-0.3, -0.25) is 9.59 Å². The van der Waals surface area contributed by atoms with Crippen LogP contribution in [0.1, 0.15) is 55.5 Å². The van der Waals surface area contributed by atoms with Crippen molar-refractivity contribution in [2.45, 2.75) is 46.0 Å². The molecular weight excluding hydrogens is 238 g/mol. The zero-order valence-corrected chi connectivity index (χ0v) is 11.7. The maximum Gasteiger partial charge on any atom is 0.224 e. The number of ketones is 1. The second-order valence-electron chi connectivity index (χ2n) is 5.63. The fourth-order valence-electron chi connectivity index (χ4n) is 2.31. The van der Waals surface area contributed by atoms with Gasteiger partial charge in [0.1, 0.15) is 0 Å². The van der Waals surface area contributed by atoms with Crippen LogP contribution in [0.3, 0.4) is 0 Å². The first-order valence-electron chi connectivity index (χ1n) is 7.02. The predicted molar refractivity (Wildman–Crippen MR) is 76.4 cm³/mol. The number of benzene rings is 1. The average Bonchev–Trinajstić information content (AvgIpc) is 2.55. The van der Waals surface area contributed by atoms with E-state index >= 15 is 0 Å². The van der Waals surface area contributed by atoms with Crippen LogP contribution in [-0.2, 0) is 11.2 Å². The molecule has 1 N–H and O–H groups in total. The van der Waals surface area contributed by atoms with E-state index in [0.29, 0.717) is 18.8 Å². The lowest BCUT2D eigenvalue weighted by molar-refractivity contribution is -0.116. The van der Waals surface area contributed by atoms with E-state index in [4.69, 9.17) is 0 Å². The molecule has 0 fully saturated rings. The summed E-state index contributed by atoms with van der Waals surface area (Å²) in [5.74, 6) is 0.814. The number of anilines is 1. The molecule has 1 heterocycles. The number of amides is 1. The second-order valence-corrected chi connectivity index (χ2v) is 5.63. The van der Waals surface area contributed by atoms with Crippen molar-refractivity contribution < 1.29 is 9.59 Å². The lowest BCUT2D eigenvalue weighted by atomic mass is 9.98. The molecule has 3 nitrogen and oxygen atoms in total. The van der Waals surface area contributed by atoms with Crippen molar-refractivity contribution in [2.24, 2.45) is 5.92 Å². The quantitative estimate of drug-likeness (QED) is 0.840. The monoisotopic (exact) mass is 259 g/mol. The average molecular weight is 259 g/mol. The number of rotatable bonds is 4. The molecule has 102 valence electrons. The Morgan fingerprint density at radius 3 is 2.84 bits per heavy atom. The van der Waals surface area contributed by atoms with Crippen molar-refractivity contribution in [2.75, 3.05) is 5.32 Å². The normalized spacial score (nSPS) is 14.8. The van der Waals surface area contributed by atoms with Crippen molar-refractivity contribution in [3.63, 3.8) is 0 Å². The van der Waals surface area contributed by atoms with Crippen LogP contribution < -0.4 is 5.32 Å². The predicted octanol–water partition coefficient (Wildman–Crippen LogP) is 3.58. The van der Waals surface area contributed by atoms with Gasteiger partial charge in [0.25, 0.3) is 0 Å². The third-order valence-electron chi connectivity index (χ3n) is 3.50. The zero-order chi connectivity index (χ0) is 13.8. The minimum atomic E-state index is 0.0673. The van der Waals surface area contributed by atoms with Gasteiger partial charge in [0.15, 0.2) is 5.78 Å². The van der Waals surface area contributed by atoms with Crippen LogP contribution in [0.25, 0.3) is 0 Å². The third kappa shape index (κ3) is 3.66. The summed E-state index contributed by atoms with van der Waals surface area (Å²) in [7, 11) is 0. The molecule has 0 spiro atoms. The van der Waals surface area contributed by atoms with Gasteiger partial charge in [0.05, 0.1) is 0 Å². The lowest BCUT2D eigenvalue weighted by Crippen LogP contribution is -2.09. The summed E-state index contributed by atoms with van der Waals surface area (Å²) in [6, 6.07) is 5.64. The molecule has 3 heteroatoms. The third-order valence-corrected chi connectivity index (χ3v) is 3.50. The van der Waals surface area contributed by atoms with Crippen LogP contribution in [0.15, 0.2) is 18.2 Å². The highest BCUT2D eigenvalue weighted by molar-refractivity contribution is 5.98. The van der Waals surface area contributed by atoms with E-state index < -0.39 is 0 Å². The summed E-state index contributed by atoms with van der Waals surface area (Å²) in [5.41, 5.74) is 2.72. The standard InChI is InChI=1S/C16H21NO2/c1-11(2)6-9-15(18)13-7-8-14-12(10-13)4-3-5-16(19)17-14/h7-8,10-11H,3-6,9H2,1-2H3,(H,17,19). The number of Topliss-reactive ketones (excluding diaryl/α,β-unsaturated/α-hetero) is 1. The summed E-state index contributed by atoms with van der Waals surface area (Å²) < 4.78 is 0. The van der Waals surface area contributed by atoms with Crippen LogP contribution in [0.5, 0.6) is 0 Å². The highest BCUT2D eigenvalue weighted by Crippen LogP contribution is 2.24. The highest BCUT2D eigenvalue weighted by Gasteiger charge is 2.15. The van der Waals surface area contributed by atoms with E-state index in [0.717, 1.165) is 36.1 Å². The molecule has 0 aromatic heterocycles. The van der Waals surface area contributed by atoms with Gasteiger partial charge in [-0.2, -0.15) is 0 Å². The van der Waals surface area contributed by atoms with Gasteiger partial charge in [-0.1, -0.05) is 13.8 Å². The number of hydrogen-bond acceptors (Lipinski definition) is 2. The molecule has 1 aromatic rings. The molecule has 1 aliphatic heterocycles. The molecule has 1 amide bonds. The minimum absolute atomic E-state index is 0.0673. The van der Waals surface area contributed by atoms with Crippen LogP contribution in [0.2, 0.25) is 0 Å². The Hall–Kier alpha value is -1.64. The first kappa shape index (κ1) is 13.8. The van der Waals surface area contributed by atoms with E-state index in [1.807, 2.05) is 18.2 Å². The Kier molecular flexibility index (Phi) is 4.35. The Bertz CT molecular complexity index is 492. The van der Waals surface area contributed by atoms with Crippen LogP contribution in [0, 0.1) is 5.92 Å². The van der Waals surface area contributed by atoms with E-state index in [1.54, 1.807) is 0 Å². The molecule has 0 aliphatic carbocycles. The topological polar surface area (TPSA) is 46.2 Å². The molecule has 0 bridgehead atoms. The van der Waals surface area contributed by atoms with E-state index in [2.05, 4.69) is 19.2 Å². The Morgan fingerprint density at radius 2 is 2.11 bits per heavy atom. The van der Waals surface area contributed by atoms with Crippen molar-refractivity contribution in [1.29, 1.82) is 0 Å². The Balaban J connectivity index is 2.14. The second kappa shape index (κ2) is 6.00. The molecular formula is C16H21NO2. The Morgan fingerprint density at radius 1 is 1.32 bits per heavy atom. The summed E-state index contributed by atoms with van der Waals surface area (Å²) in [6.45, 7) is 4.25. The van der Waals surface area contributed by atoms with Gasteiger partial charge in [0, 0.05) is 24.1 Å². The summed E-state index contributed by atoms with van der Waals surface area (Å²) in [6.07, 6.45) is 3.79. The molecule has 0 saturated heterocycles. The SMILES string of the molecule is CC(C)CCC(=O)c1ccc2c(c1)CCCC(=O)N2. The van der Waals surface area contributed by atoms with Crippen LogP contribution >= 0.6 is 0 Å². The molecule has 19 heavy (non-hydrogen) atoms. The smallest absolute Gasteiger partial charge is 0.224 e. The molecule has 0 atom stereocenters. The number of aryl methyl sites for hydroxylation is 1. The summed E-state index contributed by atoms with van der Waals surface area (Å²) >= 11 is 0. The van der Waals surface area contributed by atoms with E-state index in [1.165, 1.54) is 0 Å². The van der Waals surface area contributed by atoms with Crippen LogP contribution in [0.4, 0.5) is 5.69 Å². The maximum absolute atomic E-state index is 12.1. The number of fused-ring (bicyclic) bond motifs is 1. The molecule has 0 saturated carbocycles. The molecule has 0 unspecified atom stereocenters. The van der Waals surface area contributed by atoms with Gasteiger partial charge in [0.2, 0.25) is 5.91 Å². The minimum Gasteiger partial charge on any atom is -0.326 e. The number of hydrogen-bond donors (Lipinski definition) is 1. The number of carbonyl (C=O) groups is 2. The Labute approximate surface area is 114 Å². The van der Waals surface area contributed by atoms with Crippen molar-refractivity contribution >= 4 is 17.4 Å². The molecule has 1 aromatic carbocycles. The summed E-state index contributed by atoms with van der Waals surface area (Å²) in [4.78, 5) is 23.6. The molecule has 0 radical (unpaired) electrons. The molecule has 2 rings (SSSR count). The summed E-state index contributed by atoms with van der Waals surface area (Å²) in [5, 5.41) is 2.89. The van der Waals surface area contributed by atoms with Crippen molar-refractivity contribution in [3.8, 4) is 0 Å². The first-order valence-corrected chi connectivity index (χ1v) is 7.02. The van der Waals surface area contributed by atoms with Gasteiger partial charge in [-0.05, 0) is 48.9 Å². The van der Waals surface area contributed by atoms with Crippen LogP contribution in [-0.4, -0.2) is 11.7 Å². The van der Waals surface area contributed by atoms with Gasteiger partial charge >= 0.3 is 0 Å². The van der Waals surface area contributed by atoms with Crippen molar-refractivity contribution in [3.05, 3.63) is 29.3 Å². The van der Waals surface area contributed by atoms with E-state index in [9.17, 15) is 9.59 Å². The lowest BCUT2D eigenvalue weighted by Gasteiger charge is -2.09. The highest BCUT2D eigenvalue weighted by atomic mass is 16.1. The number of carbonyl (C=O) groups excluding carboxylic acids is 2. The largest absolute Gasteiger partial charge is 0.326 e. The fourth-order valence-corrected chi connectivity index (χ4v) is 2.31. The maximum atomic E-state index is 12.1.